The SMILES string of the molecule is C=C/C(=C(\N=C/C)[C@H](C)OC)c1c(CC(C)(C)CO)c2cc(B3OC(C)(C)C(C)(C)O3)ccc2n1CC. The predicted octanol–water partition coefficient (Wildman–Crippen LogP) is 5.54. The van der Waals surface area contributed by atoms with Crippen LogP contribution in [0.3, 0.4) is 0 Å². The van der Waals surface area contributed by atoms with Crippen LogP contribution in [0.4, 0.5) is 0 Å². The normalized spacial score (nSPS) is 19.1. The van der Waals surface area contributed by atoms with Crippen LogP contribution < -0.4 is 5.46 Å². The number of aliphatic hydroxyl groups excluding tert-OH is 1. The largest absolute Gasteiger partial charge is 0.494 e. The molecule has 1 aromatic carbocycles. The van der Waals surface area contributed by atoms with Crippen LogP contribution in [0.1, 0.15) is 73.6 Å². The summed E-state index contributed by atoms with van der Waals surface area (Å²) in [6.45, 7) is 23.5. The molecule has 6 nitrogen and oxygen atoms in total. The third-order valence-corrected chi connectivity index (χ3v) is 7.86. The van der Waals surface area contributed by atoms with Gasteiger partial charge < -0.3 is 23.7 Å². The Kier molecular flexibility index (Phi) is 8.65. The van der Waals surface area contributed by atoms with Crippen molar-refractivity contribution in [2.45, 2.75) is 92.6 Å². The number of aromatic nitrogens is 1. The number of hydrogen-bond acceptors (Lipinski definition) is 5. The summed E-state index contributed by atoms with van der Waals surface area (Å²) in [5, 5.41) is 11.3. The molecule has 1 aliphatic heterocycles. The van der Waals surface area contributed by atoms with Crippen molar-refractivity contribution >= 4 is 35.3 Å². The second-order valence-corrected chi connectivity index (χ2v) is 11.7. The summed E-state index contributed by atoms with van der Waals surface area (Å²) in [5.74, 6) is 0. The highest BCUT2D eigenvalue weighted by Crippen LogP contribution is 2.39. The molecule has 1 aromatic heterocycles. The maximum atomic E-state index is 10.2. The van der Waals surface area contributed by atoms with Crippen LogP contribution in [0.15, 0.2) is 41.5 Å². The Morgan fingerprint density at radius 3 is 2.35 bits per heavy atom. The number of aliphatic hydroxyl groups is 1. The van der Waals surface area contributed by atoms with Crippen LogP contribution in [0.2, 0.25) is 0 Å². The lowest BCUT2D eigenvalue weighted by Crippen LogP contribution is -2.41. The monoisotopic (exact) mass is 508 g/mol. The van der Waals surface area contributed by atoms with Gasteiger partial charge in [-0.25, -0.2) is 0 Å². The first-order chi connectivity index (χ1) is 17.3. The van der Waals surface area contributed by atoms with Gasteiger partial charge in [-0.05, 0) is 77.4 Å². The van der Waals surface area contributed by atoms with E-state index in [1.807, 2.05) is 19.9 Å². The fourth-order valence-electron chi connectivity index (χ4n) is 4.88. The van der Waals surface area contributed by atoms with Crippen molar-refractivity contribution < 1.29 is 19.2 Å². The Hall–Kier alpha value is -2.19. The van der Waals surface area contributed by atoms with Gasteiger partial charge in [0, 0.05) is 43.0 Å². The smallest absolute Gasteiger partial charge is 0.399 e. The minimum atomic E-state index is -0.454. The average molecular weight is 509 g/mol. The first-order valence-corrected chi connectivity index (χ1v) is 13.3. The van der Waals surface area contributed by atoms with Crippen molar-refractivity contribution in [3.8, 4) is 0 Å². The summed E-state index contributed by atoms with van der Waals surface area (Å²) in [7, 11) is 1.24. The van der Waals surface area contributed by atoms with E-state index in [0.29, 0.717) is 6.42 Å². The fraction of sp³-hybridized carbons (Fsp3) is 0.567. The van der Waals surface area contributed by atoms with E-state index in [-0.39, 0.29) is 18.1 Å². The Balaban J connectivity index is 2.37. The van der Waals surface area contributed by atoms with E-state index < -0.39 is 18.3 Å². The highest BCUT2D eigenvalue weighted by molar-refractivity contribution is 6.62. The van der Waals surface area contributed by atoms with Crippen molar-refractivity contribution in [1.29, 1.82) is 0 Å². The predicted molar refractivity (Wildman–Crippen MR) is 156 cm³/mol. The number of fused-ring (bicyclic) bond motifs is 1. The van der Waals surface area contributed by atoms with Crippen LogP contribution >= 0.6 is 0 Å². The quantitative estimate of drug-likeness (QED) is 0.260. The zero-order valence-corrected chi connectivity index (χ0v) is 24.4. The molecule has 1 aliphatic rings. The molecule has 1 saturated heterocycles. The molecule has 0 amide bonds. The van der Waals surface area contributed by atoms with E-state index in [9.17, 15) is 5.11 Å². The van der Waals surface area contributed by atoms with Gasteiger partial charge in [0.05, 0.1) is 28.7 Å². The van der Waals surface area contributed by atoms with Gasteiger partial charge in [0.15, 0.2) is 0 Å². The van der Waals surface area contributed by atoms with E-state index in [1.165, 1.54) is 0 Å². The summed E-state index contributed by atoms with van der Waals surface area (Å²) in [5.41, 5.74) is 4.91. The molecule has 1 atom stereocenters. The number of ether oxygens (including phenoxy) is 1. The second-order valence-electron chi connectivity index (χ2n) is 11.7. The first kappa shape index (κ1) is 29.4. The summed E-state index contributed by atoms with van der Waals surface area (Å²) >= 11 is 0. The topological polar surface area (TPSA) is 65.2 Å². The minimum Gasteiger partial charge on any atom is -0.399 e. The van der Waals surface area contributed by atoms with E-state index in [2.05, 4.69) is 77.8 Å². The average Bonchev–Trinajstić information content (AvgIpc) is 3.26. The molecule has 0 radical (unpaired) electrons. The highest BCUT2D eigenvalue weighted by atomic mass is 16.7. The third kappa shape index (κ3) is 5.51. The van der Waals surface area contributed by atoms with Gasteiger partial charge in [-0.1, -0.05) is 38.6 Å². The summed E-state index contributed by atoms with van der Waals surface area (Å²) in [4.78, 5) is 4.71. The Morgan fingerprint density at radius 2 is 1.86 bits per heavy atom. The van der Waals surface area contributed by atoms with Gasteiger partial charge >= 0.3 is 7.12 Å². The number of aliphatic imine (C=N–C) groups is 1. The van der Waals surface area contributed by atoms with E-state index in [0.717, 1.165) is 45.4 Å². The van der Waals surface area contributed by atoms with Crippen molar-refractivity contribution in [2.24, 2.45) is 10.4 Å². The van der Waals surface area contributed by atoms with Crippen molar-refractivity contribution in [3.63, 3.8) is 0 Å². The molecule has 37 heavy (non-hydrogen) atoms. The zero-order valence-electron chi connectivity index (χ0n) is 24.4. The maximum absolute atomic E-state index is 10.2. The lowest BCUT2D eigenvalue weighted by Gasteiger charge is -2.32. The molecular weight excluding hydrogens is 463 g/mol. The van der Waals surface area contributed by atoms with Gasteiger partial charge in [0.2, 0.25) is 0 Å². The molecule has 1 N–H and O–H groups in total. The minimum absolute atomic E-state index is 0.0732. The number of hydrogen-bond donors (Lipinski definition) is 1. The van der Waals surface area contributed by atoms with E-state index in [4.69, 9.17) is 19.0 Å². The molecule has 0 aliphatic carbocycles. The van der Waals surface area contributed by atoms with Crippen molar-refractivity contribution in [3.05, 3.63) is 47.8 Å². The number of nitrogens with zero attached hydrogens (tertiary/aromatic N) is 2. The van der Waals surface area contributed by atoms with Gasteiger partial charge in [-0.15, -0.1) is 0 Å². The third-order valence-electron chi connectivity index (χ3n) is 7.86. The second kappa shape index (κ2) is 10.9. The van der Waals surface area contributed by atoms with Crippen LogP contribution in [-0.2, 0) is 27.0 Å². The molecule has 0 bridgehead atoms. The van der Waals surface area contributed by atoms with Gasteiger partial charge in [0.25, 0.3) is 0 Å². The summed E-state index contributed by atoms with van der Waals surface area (Å²) in [6, 6.07) is 6.45. The summed E-state index contributed by atoms with van der Waals surface area (Å²) in [6.07, 6.45) is 4.13. The van der Waals surface area contributed by atoms with Gasteiger partial charge in [-0.3, -0.25) is 4.99 Å². The molecule has 1 fully saturated rings. The molecule has 0 unspecified atom stereocenters. The number of aryl methyl sites for hydroxylation is 1. The Labute approximate surface area is 223 Å². The molecule has 202 valence electrons. The molecule has 2 heterocycles. The maximum Gasteiger partial charge on any atom is 0.494 e. The van der Waals surface area contributed by atoms with Crippen LogP contribution in [0.5, 0.6) is 0 Å². The van der Waals surface area contributed by atoms with E-state index in [1.54, 1.807) is 13.3 Å². The molecule has 7 heteroatoms. The summed E-state index contributed by atoms with van der Waals surface area (Å²) < 4.78 is 20.8. The van der Waals surface area contributed by atoms with Crippen molar-refractivity contribution in [1.82, 2.24) is 4.57 Å². The van der Waals surface area contributed by atoms with Crippen LogP contribution in [-0.4, -0.2) is 54.0 Å². The highest BCUT2D eigenvalue weighted by Gasteiger charge is 2.51. The fourth-order valence-corrected chi connectivity index (χ4v) is 4.88. The molecular formula is C30H45BN2O4. The van der Waals surface area contributed by atoms with Crippen molar-refractivity contribution in [2.75, 3.05) is 13.7 Å². The number of methoxy groups -OCH3 is 1. The molecule has 2 aromatic rings. The van der Waals surface area contributed by atoms with Crippen LogP contribution in [0, 0.1) is 5.41 Å². The molecule has 0 saturated carbocycles. The van der Waals surface area contributed by atoms with Gasteiger partial charge in [-0.2, -0.15) is 0 Å². The van der Waals surface area contributed by atoms with Gasteiger partial charge in [0.1, 0.15) is 0 Å². The Bertz CT molecular complexity index is 1190. The molecule has 3 rings (SSSR count). The zero-order chi connectivity index (χ0) is 27.8. The standard InChI is InChI=1S/C30H45BN2O4/c1-12-22(26(32-13-2)20(4)35-11)27-24(18-28(5,6)19-34)23-17-21(15-16-25(23)33(27)14-3)31-36-29(7,8)30(9,10)37-31/h12-13,15-17,20,34H,1,14,18-19H2,2-11H3/b26-22+,32-13-/t20-/m0/s1. The number of rotatable bonds is 10. The van der Waals surface area contributed by atoms with E-state index >= 15 is 0 Å². The number of benzene rings is 1. The first-order valence-electron chi connectivity index (χ1n) is 13.3. The Morgan fingerprint density at radius 1 is 1.24 bits per heavy atom. The lowest BCUT2D eigenvalue weighted by molar-refractivity contribution is 0.00578. The number of allylic oxidation sites excluding steroid dienone is 2. The van der Waals surface area contributed by atoms with Crippen LogP contribution in [0.25, 0.3) is 16.5 Å². The molecule has 0 spiro atoms. The lowest BCUT2D eigenvalue weighted by atomic mass is 9.77.